The molecule has 1 aliphatic rings. The SMILES string of the molecule is CC(C)(C)c1nc(-c2ccccc2)cc(-c2cccc(-c3cccc(-c4nc(-c5cccc(CC(C)(C)c6cccc7c6-c6ccc(C#N)cc6C7(C)C)c5)nc(C(C)(C)C)n4)c3)c2)n1. The predicted octanol–water partition coefficient (Wildman–Crippen LogP) is 14.3. The van der Waals surface area contributed by atoms with E-state index in [0.717, 1.165) is 62.8 Å². The molecule has 0 bridgehead atoms. The summed E-state index contributed by atoms with van der Waals surface area (Å²) < 4.78 is 0. The molecule has 6 aromatic carbocycles. The number of fused-ring (bicyclic) bond motifs is 3. The Hall–Kier alpha value is -7.10. The van der Waals surface area contributed by atoms with Gasteiger partial charge in [0.2, 0.25) is 0 Å². The van der Waals surface area contributed by atoms with Gasteiger partial charge in [-0.1, -0.05) is 178 Å². The van der Waals surface area contributed by atoms with Crippen LogP contribution < -0.4 is 0 Å². The van der Waals surface area contributed by atoms with Crippen LogP contribution in [0.25, 0.3) is 67.5 Å². The summed E-state index contributed by atoms with van der Waals surface area (Å²) in [5, 5.41) is 9.72. The first-order valence-corrected chi connectivity index (χ1v) is 22.6. The minimum atomic E-state index is -0.314. The van der Waals surface area contributed by atoms with E-state index >= 15 is 0 Å². The Morgan fingerprint density at radius 3 is 1.66 bits per heavy atom. The molecule has 0 atom stereocenters. The Bertz CT molecular complexity index is 3160. The highest BCUT2D eigenvalue weighted by Gasteiger charge is 2.39. The fourth-order valence-corrected chi connectivity index (χ4v) is 9.20. The van der Waals surface area contributed by atoms with Crippen LogP contribution in [-0.4, -0.2) is 24.9 Å². The molecule has 322 valence electrons. The molecule has 0 fully saturated rings. The molecule has 9 rings (SSSR count). The van der Waals surface area contributed by atoms with Crippen LogP contribution >= 0.6 is 0 Å². The van der Waals surface area contributed by atoms with E-state index < -0.39 is 0 Å². The Morgan fingerprint density at radius 1 is 0.477 bits per heavy atom. The van der Waals surface area contributed by atoms with Gasteiger partial charge in [-0.2, -0.15) is 5.26 Å². The Balaban J connectivity index is 1.05. The fourth-order valence-electron chi connectivity index (χ4n) is 9.20. The zero-order valence-electron chi connectivity index (χ0n) is 39.2. The topological polar surface area (TPSA) is 88.2 Å². The molecule has 1 aliphatic carbocycles. The molecule has 0 aliphatic heterocycles. The molecule has 0 spiro atoms. The second kappa shape index (κ2) is 16.2. The third-order valence-electron chi connectivity index (χ3n) is 12.8. The molecule has 65 heavy (non-hydrogen) atoms. The number of benzene rings is 6. The predicted molar refractivity (Wildman–Crippen MR) is 265 cm³/mol. The van der Waals surface area contributed by atoms with Gasteiger partial charge in [-0.3, -0.25) is 0 Å². The number of aromatic nitrogens is 5. The van der Waals surface area contributed by atoms with Crippen LogP contribution in [0.15, 0.2) is 146 Å². The summed E-state index contributed by atoms with van der Waals surface area (Å²) in [4.78, 5) is 25.5. The first kappa shape index (κ1) is 43.2. The van der Waals surface area contributed by atoms with Gasteiger partial charge in [-0.25, -0.2) is 24.9 Å². The highest BCUT2D eigenvalue weighted by molar-refractivity contribution is 5.84. The molecule has 6 nitrogen and oxygen atoms in total. The van der Waals surface area contributed by atoms with Gasteiger partial charge >= 0.3 is 0 Å². The Kier molecular flexibility index (Phi) is 10.7. The van der Waals surface area contributed by atoms with Crippen LogP contribution in [0, 0.1) is 11.3 Å². The van der Waals surface area contributed by atoms with E-state index in [0.29, 0.717) is 17.2 Å². The van der Waals surface area contributed by atoms with Crippen molar-refractivity contribution in [2.45, 2.75) is 97.3 Å². The number of hydrogen-bond acceptors (Lipinski definition) is 6. The van der Waals surface area contributed by atoms with Crippen LogP contribution in [0.1, 0.15) is 109 Å². The van der Waals surface area contributed by atoms with Crippen molar-refractivity contribution in [1.29, 1.82) is 5.26 Å². The van der Waals surface area contributed by atoms with E-state index in [2.05, 4.69) is 197 Å². The van der Waals surface area contributed by atoms with Gasteiger partial charge in [0, 0.05) is 38.5 Å². The van der Waals surface area contributed by atoms with Gasteiger partial charge in [0.15, 0.2) is 11.6 Å². The number of hydrogen-bond donors (Lipinski definition) is 0. The molecule has 0 amide bonds. The second-order valence-corrected chi connectivity index (χ2v) is 20.8. The molecule has 0 unspecified atom stereocenters. The molecule has 2 heterocycles. The minimum absolute atomic E-state index is 0.199. The summed E-state index contributed by atoms with van der Waals surface area (Å²) in [7, 11) is 0. The van der Waals surface area contributed by atoms with Crippen molar-refractivity contribution < 1.29 is 0 Å². The van der Waals surface area contributed by atoms with E-state index in [9.17, 15) is 5.26 Å². The average molecular weight is 849 g/mol. The van der Waals surface area contributed by atoms with E-state index in [4.69, 9.17) is 24.9 Å². The third-order valence-corrected chi connectivity index (χ3v) is 12.8. The summed E-state index contributed by atoms with van der Waals surface area (Å²) in [6, 6.07) is 53.4. The van der Waals surface area contributed by atoms with Crippen LogP contribution in [0.4, 0.5) is 0 Å². The fraction of sp³-hybridized carbons (Fsp3) is 0.254. The van der Waals surface area contributed by atoms with E-state index in [-0.39, 0.29) is 21.7 Å². The van der Waals surface area contributed by atoms with Gasteiger partial charge in [0.25, 0.3) is 0 Å². The van der Waals surface area contributed by atoms with Crippen molar-refractivity contribution >= 4 is 0 Å². The summed E-state index contributed by atoms with van der Waals surface area (Å²) in [6.45, 7) is 22.1. The van der Waals surface area contributed by atoms with Crippen LogP contribution in [0.2, 0.25) is 0 Å². The first-order valence-electron chi connectivity index (χ1n) is 22.6. The summed E-state index contributed by atoms with van der Waals surface area (Å²) >= 11 is 0. The lowest BCUT2D eigenvalue weighted by Crippen LogP contribution is -2.22. The van der Waals surface area contributed by atoms with E-state index in [1.165, 1.54) is 33.4 Å². The molecular weight excluding hydrogens is 793 g/mol. The maximum atomic E-state index is 9.72. The van der Waals surface area contributed by atoms with Gasteiger partial charge in [0.05, 0.1) is 23.0 Å². The lowest BCUT2D eigenvalue weighted by molar-refractivity contribution is 0.523. The van der Waals surface area contributed by atoms with Gasteiger partial charge in [-0.05, 0) is 92.7 Å². The van der Waals surface area contributed by atoms with Crippen LogP contribution in [-0.2, 0) is 28.1 Å². The van der Waals surface area contributed by atoms with Gasteiger partial charge in [0.1, 0.15) is 11.6 Å². The lowest BCUT2D eigenvalue weighted by atomic mass is 9.74. The van der Waals surface area contributed by atoms with Crippen molar-refractivity contribution in [3.05, 3.63) is 185 Å². The van der Waals surface area contributed by atoms with E-state index in [1.54, 1.807) is 0 Å². The molecule has 6 heteroatoms. The quantitative estimate of drug-likeness (QED) is 0.151. The monoisotopic (exact) mass is 848 g/mol. The van der Waals surface area contributed by atoms with Crippen molar-refractivity contribution in [1.82, 2.24) is 24.9 Å². The number of nitriles is 1. The third kappa shape index (κ3) is 8.40. The van der Waals surface area contributed by atoms with E-state index in [1.807, 2.05) is 24.3 Å². The normalized spacial score (nSPS) is 13.2. The minimum Gasteiger partial charge on any atom is -0.232 e. The molecule has 0 saturated carbocycles. The standard InChI is InChI=1S/C59H56N6/c1-56(2,3)54-61-49(39-19-12-11-13-20-39)34-50(62-54)42-23-15-21-40(32-42)41-22-16-25-44(33-41)53-63-52(64-55(65-53)57(4,5)6)43-24-14-18-37(30-43)35-58(7,8)46-26-17-27-47-51(46)45-29-28-38(36-60)31-48(45)59(47,9)10/h11-34H,35H2,1-10H3. The van der Waals surface area contributed by atoms with Gasteiger partial charge < -0.3 is 0 Å². The first-order chi connectivity index (χ1) is 30.9. The Labute approximate surface area is 384 Å². The van der Waals surface area contributed by atoms with Gasteiger partial charge in [-0.15, -0.1) is 0 Å². The maximum absolute atomic E-state index is 9.72. The summed E-state index contributed by atoms with van der Waals surface area (Å²) in [5.74, 6) is 2.85. The summed E-state index contributed by atoms with van der Waals surface area (Å²) in [5.41, 5.74) is 15.2. The van der Waals surface area contributed by atoms with Crippen molar-refractivity contribution in [2.75, 3.05) is 0 Å². The second-order valence-electron chi connectivity index (χ2n) is 20.8. The molecule has 0 saturated heterocycles. The highest BCUT2D eigenvalue weighted by atomic mass is 15.0. The smallest absolute Gasteiger partial charge is 0.163 e. The Morgan fingerprint density at radius 2 is 1.02 bits per heavy atom. The van der Waals surface area contributed by atoms with Crippen molar-refractivity contribution in [2.24, 2.45) is 0 Å². The summed E-state index contributed by atoms with van der Waals surface area (Å²) in [6.07, 6.45) is 0.814. The van der Waals surface area contributed by atoms with Crippen molar-refractivity contribution in [3.63, 3.8) is 0 Å². The van der Waals surface area contributed by atoms with Crippen molar-refractivity contribution in [3.8, 4) is 73.6 Å². The molecule has 0 radical (unpaired) electrons. The zero-order valence-corrected chi connectivity index (χ0v) is 39.2. The highest BCUT2D eigenvalue weighted by Crippen LogP contribution is 2.52. The van der Waals surface area contributed by atoms with Crippen LogP contribution in [0.5, 0.6) is 0 Å². The lowest BCUT2D eigenvalue weighted by Gasteiger charge is -2.29. The van der Waals surface area contributed by atoms with Crippen LogP contribution in [0.3, 0.4) is 0 Å². The number of nitrogens with zero attached hydrogens (tertiary/aromatic N) is 6. The number of rotatable bonds is 8. The maximum Gasteiger partial charge on any atom is 0.163 e. The molecular formula is C59H56N6. The molecule has 2 aromatic heterocycles. The molecule has 8 aromatic rings. The molecule has 0 N–H and O–H groups in total. The zero-order chi connectivity index (χ0) is 45.9. The average Bonchev–Trinajstić information content (AvgIpc) is 3.53. The largest absolute Gasteiger partial charge is 0.232 e.